The van der Waals surface area contributed by atoms with Crippen LogP contribution in [0.5, 0.6) is 0 Å². The number of hydrogen-bond donors (Lipinski definition) is 1. The van der Waals surface area contributed by atoms with Gasteiger partial charge in [0.2, 0.25) is 0 Å². The molecule has 18 heavy (non-hydrogen) atoms. The molecule has 1 N–H and O–H groups in total. The van der Waals surface area contributed by atoms with E-state index in [0.717, 1.165) is 30.8 Å². The molecule has 0 amide bonds. The van der Waals surface area contributed by atoms with Gasteiger partial charge in [0.25, 0.3) is 0 Å². The lowest BCUT2D eigenvalue weighted by Gasteiger charge is -2.05. The largest absolute Gasteiger partial charge is 0.311 e. The van der Waals surface area contributed by atoms with Gasteiger partial charge in [0.15, 0.2) is 0 Å². The Morgan fingerprint density at radius 2 is 2.00 bits per heavy atom. The van der Waals surface area contributed by atoms with Crippen LogP contribution in [0.15, 0.2) is 30.3 Å². The Labute approximate surface area is 107 Å². The van der Waals surface area contributed by atoms with Gasteiger partial charge in [0.1, 0.15) is 5.82 Å². The van der Waals surface area contributed by atoms with E-state index in [-0.39, 0.29) is 5.82 Å². The Kier molecular flexibility index (Phi) is 4.10. The molecule has 0 bridgehead atoms. The summed E-state index contributed by atoms with van der Waals surface area (Å²) < 4.78 is 14.6. The third-order valence-corrected chi connectivity index (χ3v) is 2.91. The number of halogens is 1. The summed E-state index contributed by atoms with van der Waals surface area (Å²) in [6.07, 6.45) is 0.900. The molecular formula is C14H18FN3. The minimum absolute atomic E-state index is 0.183. The highest BCUT2D eigenvalue weighted by atomic mass is 19.1. The summed E-state index contributed by atoms with van der Waals surface area (Å²) >= 11 is 0. The summed E-state index contributed by atoms with van der Waals surface area (Å²) in [5.74, 6) is -0.183. The highest BCUT2D eigenvalue weighted by molar-refractivity contribution is 5.16. The standard InChI is InChI=1S/C14H18FN3/c1-11-9-14(18(2)17-11)10-16-8-7-12-3-5-13(15)6-4-12/h3-6,9,16H,7-8,10H2,1-2H3. The van der Waals surface area contributed by atoms with Gasteiger partial charge in [-0.2, -0.15) is 5.10 Å². The van der Waals surface area contributed by atoms with Crippen LogP contribution in [0.2, 0.25) is 0 Å². The van der Waals surface area contributed by atoms with Crippen molar-refractivity contribution in [3.63, 3.8) is 0 Å². The Bertz CT molecular complexity index is 502. The van der Waals surface area contributed by atoms with Crippen LogP contribution >= 0.6 is 0 Å². The van der Waals surface area contributed by atoms with Crippen molar-refractivity contribution < 1.29 is 4.39 Å². The fraction of sp³-hybridized carbons (Fsp3) is 0.357. The van der Waals surface area contributed by atoms with Crippen molar-refractivity contribution in [3.05, 3.63) is 53.1 Å². The molecule has 4 heteroatoms. The van der Waals surface area contributed by atoms with Gasteiger partial charge in [-0.1, -0.05) is 12.1 Å². The maximum atomic E-state index is 12.7. The second-order valence-corrected chi connectivity index (χ2v) is 4.45. The average Bonchev–Trinajstić information content (AvgIpc) is 2.66. The van der Waals surface area contributed by atoms with Crippen molar-refractivity contribution in [3.8, 4) is 0 Å². The van der Waals surface area contributed by atoms with E-state index in [1.165, 1.54) is 17.8 Å². The smallest absolute Gasteiger partial charge is 0.123 e. The van der Waals surface area contributed by atoms with Crippen LogP contribution in [0.1, 0.15) is 17.0 Å². The molecule has 0 radical (unpaired) electrons. The van der Waals surface area contributed by atoms with E-state index >= 15 is 0 Å². The zero-order valence-corrected chi connectivity index (χ0v) is 10.8. The summed E-state index contributed by atoms with van der Waals surface area (Å²) in [6.45, 7) is 3.66. The lowest BCUT2D eigenvalue weighted by molar-refractivity contribution is 0.619. The molecule has 0 unspecified atom stereocenters. The molecule has 2 rings (SSSR count). The molecule has 0 aliphatic rings. The summed E-state index contributed by atoms with van der Waals surface area (Å²) in [5, 5.41) is 7.66. The van der Waals surface area contributed by atoms with Gasteiger partial charge >= 0.3 is 0 Å². The van der Waals surface area contributed by atoms with Crippen molar-refractivity contribution in [1.82, 2.24) is 15.1 Å². The van der Waals surface area contributed by atoms with Crippen LogP contribution in [0.3, 0.4) is 0 Å². The van der Waals surface area contributed by atoms with Crippen LogP contribution in [0.4, 0.5) is 4.39 Å². The van der Waals surface area contributed by atoms with Crippen LogP contribution in [0, 0.1) is 12.7 Å². The van der Waals surface area contributed by atoms with Gasteiger partial charge < -0.3 is 5.32 Å². The van der Waals surface area contributed by atoms with Crippen LogP contribution in [-0.4, -0.2) is 16.3 Å². The van der Waals surface area contributed by atoms with E-state index in [1.54, 1.807) is 0 Å². The van der Waals surface area contributed by atoms with Crippen LogP contribution < -0.4 is 5.32 Å². The normalized spacial score (nSPS) is 10.8. The molecule has 0 aliphatic heterocycles. The average molecular weight is 247 g/mol. The number of rotatable bonds is 5. The summed E-state index contributed by atoms with van der Waals surface area (Å²) in [7, 11) is 1.95. The Balaban J connectivity index is 1.76. The van der Waals surface area contributed by atoms with Crippen molar-refractivity contribution >= 4 is 0 Å². The predicted octanol–water partition coefficient (Wildman–Crippen LogP) is 2.20. The molecule has 0 aliphatic carbocycles. The number of aromatic nitrogens is 2. The van der Waals surface area contributed by atoms with E-state index in [1.807, 2.05) is 30.8 Å². The van der Waals surface area contributed by atoms with Gasteiger partial charge in [0, 0.05) is 13.6 Å². The minimum Gasteiger partial charge on any atom is -0.311 e. The highest BCUT2D eigenvalue weighted by Crippen LogP contribution is 2.04. The Morgan fingerprint density at radius 3 is 2.61 bits per heavy atom. The zero-order chi connectivity index (χ0) is 13.0. The number of hydrogen-bond acceptors (Lipinski definition) is 2. The molecule has 0 fully saturated rings. The highest BCUT2D eigenvalue weighted by Gasteiger charge is 2.01. The summed E-state index contributed by atoms with van der Waals surface area (Å²) in [5.41, 5.74) is 3.35. The number of benzene rings is 1. The molecule has 0 saturated carbocycles. The van der Waals surface area contributed by atoms with E-state index in [2.05, 4.69) is 16.5 Å². The van der Waals surface area contributed by atoms with Gasteiger partial charge in [-0.25, -0.2) is 4.39 Å². The molecule has 1 aromatic heterocycles. The first kappa shape index (κ1) is 12.8. The third-order valence-electron chi connectivity index (χ3n) is 2.91. The SMILES string of the molecule is Cc1cc(CNCCc2ccc(F)cc2)n(C)n1. The Hall–Kier alpha value is -1.68. The third kappa shape index (κ3) is 3.40. The molecular weight excluding hydrogens is 229 g/mol. The first-order valence-corrected chi connectivity index (χ1v) is 6.10. The first-order chi connectivity index (χ1) is 8.65. The van der Waals surface area contributed by atoms with Crippen molar-refractivity contribution in [2.75, 3.05) is 6.54 Å². The van der Waals surface area contributed by atoms with Gasteiger partial charge in [0.05, 0.1) is 11.4 Å². The number of nitrogens with one attached hydrogen (secondary N) is 1. The molecule has 3 nitrogen and oxygen atoms in total. The second-order valence-electron chi connectivity index (χ2n) is 4.45. The topological polar surface area (TPSA) is 29.9 Å². The first-order valence-electron chi connectivity index (χ1n) is 6.10. The van der Waals surface area contributed by atoms with Crippen LogP contribution in [0.25, 0.3) is 0 Å². The monoisotopic (exact) mass is 247 g/mol. The Morgan fingerprint density at radius 1 is 1.28 bits per heavy atom. The zero-order valence-electron chi connectivity index (χ0n) is 10.8. The van der Waals surface area contributed by atoms with Crippen molar-refractivity contribution in [2.45, 2.75) is 19.9 Å². The molecule has 0 saturated heterocycles. The maximum Gasteiger partial charge on any atom is 0.123 e. The lowest BCUT2D eigenvalue weighted by atomic mass is 10.1. The molecule has 1 aromatic carbocycles. The molecule has 1 heterocycles. The van der Waals surface area contributed by atoms with Gasteiger partial charge in [-0.15, -0.1) is 0 Å². The van der Waals surface area contributed by atoms with Crippen molar-refractivity contribution in [1.29, 1.82) is 0 Å². The number of aryl methyl sites for hydroxylation is 2. The van der Waals surface area contributed by atoms with Crippen molar-refractivity contribution in [2.24, 2.45) is 7.05 Å². The van der Waals surface area contributed by atoms with E-state index in [0.29, 0.717) is 0 Å². The second kappa shape index (κ2) is 5.78. The predicted molar refractivity (Wildman–Crippen MR) is 69.8 cm³/mol. The molecule has 96 valence electrons. The lowest BCUT2D eigenvalue weighted by Crippen LogP contribution is -2.18. The fourth-order valence-electron chi connectivity index (χ4n) is 1.93. The van der Waals surface area contributed by atoms with Gasteiger partial charge in [-0.3, -0.25) is 4.68 Å². The number of nitrogens with zero attached hydrogens (tertiary/aromatic N) is 2. The van der Waals surface area contributed by atoms with E-state index in [4.69, 9.17) is 0 Å². The molecule has 2 aromatic rings. The molecule has 0 spiro atoms. The van der Waals surface area contributed by atoms with E-state index in [9.17, 15) is 4.39 Å². The minimum atomic E-state index is -0.183. The van der Waals surface area contributed by atoms with Crippen LogP contribution in [-0.2, 0) is 20.0 Å². The maximum absolute atomic E-state index is 12.7. The van der Waals surface area contributed by atoms with Gasteiger partial charge in [-0.05, 0) is 43.7 Å². The van der Waals surface area contributed by atoms with E-state index < -0.39 is 0 Å². The summed E-state index contributed by atoms with van der Waals surface area (Å²) in [6, 6.07) is 8.72. The fourth-order valence-corrected chi connectivity index (χ4v) is 1.93. The quantitative estimate of drug-likeness (QED) is 0.821. The molecule has 0 atom stereocenters. The summed E-state index contributed by atoms with van der Waals surface area (Å²) in [4.78, 5) is 0.